The van der Waals surface area contributed by atoms with Crippen LogP contribution in [0.15, 0.2) is 77.7 Å². The quantitative estimate of drug-likeness (QED) is 0.339. The number of amides is 2. The van der Waals surface area contributed by atoms with Crippen LogP contribution in [0.3, 0.4) is 0 Å². The molecular formula is C31H39N3O5S. The molecule has 0 fully saturated rings. The molecule has 0 aliphatic heterocycles. The molecule has 0 aliphatic carbocycles. The van der Waals surface area contributed by atoms with Gasteiger partial charge in [-0.3, -0.25) is 13.9 Å². The Morgan fingerprint density at radius 1 is 0.925 bits per heavy atom. The summed E-state index contributed by atoms with van der Waals surface area (Å²) >= 11 is 0. The number of aryl methyl sites for hydroxylation is 1. The lowest BCUT2D eigenvalue weighted by molar-refractivity contribution is -0.139. The lowest BCUT2D eigenvalue weighted by Gasteiger charge is -2.33. The van der Waals surface area contributed by atoms with Crippen LogP contribution in [0.2, 0.25) is 0 Å². The lowest BCUT2D eigenvalue weighted by Crippen LogP contribution is -2.52. The third-order valence-electron chi connectivity index (χ3n) is 7.14. The van der Waals surface area contributed by atoms with E-state index < -0.39 is 28.5 Å². The number of nitrogens with zero attached hydrogens (tertiary/aromatic N) is 2. The van der Waals surface area contributed by atoms with Gasteiger partial charge in [0, 0.05) is 12.6 Å². The Morgan fingerprint density at radius 2 is 1.57 bits per heavy atom. The highest BCUT2D eigenvalue weighted by atomic mass is 32.2. The van der Waals surface area contributed by atoms with Crippen molar-refractivity contribution in [3.8, 4) is 5.75 Å². The standard InChI is InChI=1S/C31H39N3O5S/c1-7-23(3)32-31(36)25(5)33(20-26-16-18-27(39-6)19-17-26)30(35)21-34(29-15-11-12-22(2)24(29)4)40(37,38)28-13-9-8-10-14-28/h8-19,23,25H,7,20-21H2,1-6H3,(H,32,36). The molecule has 40 heavy (non-hydrogen) atoms. The van der Waals surface area contributed by atoms with Crippen molar-refractivity contribution in [1.29, 1.82) is 0 Å². The fraction of sp³-hybridized carbons (Fsp3) is 0.355. The molecule has 0 aliphatic rings. The number of ether oxygens (including phenoxy) is 1. The molecule has 214 valence electrons. The first kappa shape index (κ1) is 30.7. The summed E-state index contributed by atoms with van der Waals surface area (Å²) in [5.41, 5.74) is 2.84. The number of benzene rings is 3. The largest absolute Gasteiger partial charge is 0.497 e. The number of hydrogen-bond acceptors (Lipinski definition) is 5. The van der Waals surface area contributed by atoms with Crippen molar-refractivity contribution in [1.82, 2.24) is 10.2 Å². The van der Waals surface area contributed by atoms with Gasteiger partial charge in [-0.2, -0.15) is 0 Å². The maximum atomic E-state index is 14.0. The van der Waals surface area contributed by atoms with Crippen molar-refractivity contribution in [2.24, 2.45) is 0 Å². The molecule has 3 aromatic carbocycles. The minimum absolute atomic E-state index is 0.0715. The Hall–Kier alpha value is -3.85. The zero-order chi connectivity index (χ0) is 29.4. The summed E-state index contributed by atoms with van der Waals surface area (Å²) in [5.74, 6) is -0.136. The molecule has 9 heteroatoms. The van der Waals surface area contributed by atoms with E-state index in [4.69, 9.17) is 4.74 Å². The summed E-state index contributed by atoms with van der Waals surface area (Å²) in [6, 6.07) is 19.7. The molecule has 8 nitrogen and oxygen atoms in total. The predicted octanol–water partition coefficient (Wildman–Crippen LogP) is 4.84. The molecule has 0 aromatic heterocycles. The highest BCUT2D eigenvalue weighted by Gasteiger charge is 2.33. The molecule has 0 heterocycles. The van der Waals surface area contributed by atoms with Crippen molar-refractivity contribution in [3.05, 3.63) is 89.5 Å². The number of carbonyl (C=O) groups is 2. The number of rotatable bonds is 12. The molecule has 1 N–H and O–H groups in total. The van der Waals surface area contributed by atoms with E-state index in [1.165, 1.54) is 17.0 Å². The van der Waals surface area contributed by atoms with Gasteiger partial charge in [0.05, 0.1) is 17.7 Å². The zero-order valence-corrected chi connectivity index (χ0v) is 24.9. The number of methoxy groups -OCH3 is 1. The average Bonchev–Trinajstić information content (AvgIpc) is 2.96. The van der Waals surface area contributed by atoms with Crippen molar-refractivity contribution in [2.75, 3.05) is 18.0 Å². The second kappa shape index (κ2) is 13.5. The van der Waals surface area contributed by atoms with E-state index in [-0.39, 0.29) is 23.4 Å². The normalized spacial score (nSPS) is 12.8. The first-order valence-corrected chi connectivity index (χ1v) is 14.8. The van der Waals surface area contributed by atoms with Gasteiger partial charge >= 0.3 is 0 Å². The van der Waals surface area contributed by atoms with Gasteiger partial charge < -0.3 is 15.0 Å². The second-order valence-corrected chi connectivity index (χ2v) is 11.8. The molecule has 0 saturated carbocycles. The summed E-state index contributed by atoms with van der Waals surface area (Å²) in [4.78, 5) is 28.7. The first-order valence-electron chi connectivity index (χ1n) is 13.4. The van der Waals surface area contributed by atoms with E-state index in [0.29, 0.717) is 11.4 Å². The Balaban J connectivity index is 2.05. The molecule has 2 atom stereocenters. The maximum absolute atomic E-state index is 14.0. The van der Waals surface area contributed by atoms with Gasteiger partial charge in [0.1, 0.15) is 18.3 Å². The van der Waals surface area contributed by atoms with Crippen molar-refractivity contribution in [2.45, 2.75) is 64.6 Å². The Bertz CT molecular complexity index is 1410. The van der Waals surface area contributed by atoms with Crippen LogP contribution in [0, 0.1) is 13.8 Å². The average molecular weight is 566 g/mol. The smallest absolute Gasteiger partial charge is 0.264 e. The highest BCUT2D eigenvalue weighted by molar-refractivity contribution is 7.92. The van der Waals surface area contributed by atoms with Crippen LogP contribution >= 0.6 is 0 Å². The van der Waals surface area contributed by atoms with Crippen LogP contribution in [0.1, 0.15) is 43.9 Å². The number of carbonyl (C=O) groups excluding carboxylic acids is 2. The number of anilines is 1. The third kappa shape index (κ3) is 7.21. The maximum Gasteiger partial charge on any atom is 0.264 e. The van der Waals surface area contributed by atoms with Crippen molar-refractivity contribution >= 4 is 27.5 Å². The predicted molar refractivity (Wildman–Crippen MR) is 158 cm³/mol. The van der Waals surface area contributed by atoms with E-state index in [9.17, 15) is 18.0 Å². The summed E-state index contributed by atoms with van der Waals surface area (Å²) in [5, 5.41) is 2.94. The van der Waals surface area contributed by atoms with Gasteiger partial charge in [-0.05, 0) is 81.1 Å². The van der Waals surface area contributed by atoms with Gasteiger partial charge in [-0.25, -0.2) is 8.42 Å². The molecular weight excluding hydrogens is 526 g/mol. The molecule has 0 spiro atoms. The van der Waals surface area contributed by atoms with Gasteiger partial charge in [0.2, 0.25) is 11.8 Å². The summed E-state index contributed by atoms with van der Waals surface area (Å²) in [6.07, 6.45) is 0.737. The topological polar surface area (TPSA) is 96.0 Å². The molecule has 0 radical (unpaired) electrons. The summed E-state index contributed by atoms with van der Waals surface area (Å²) in [7, 11) is -2.53. The Labute approximate surface area is 238 Å². The molecule has 2 unspecified atom stereocenters. The van der Waals surface area contributed by atoms with Crippen molar-refractivity contribution in [3.63, 3.8) is 0 Å². The van der Waals surface area contributed by atoms with Crippen molar-refractivity contribution < 1.29 is 22.7 Å². The van der Waals surface area contributed by atoms with E-state index in [2.05, 4.69) is 5.32 Å². The van der Waals surface area contributed by atoms with Crippen LogP contribution in [-0.4, -0.2) is 50.9 Å². The van der Waals surface area contributed by atoms with Gasteiger partial charge in [-0.1, -0.05) is 49.4 Å². The highest BCUT2D eigenvalue weighted by Crippen LogP contribution is 2.29. The van der Waals surface area contributed by atoms with Crippen LogP contribution in [0.25, 0.3) is 0 Å². The van der Waals surface area contributed by atoms with Crippen LogP contribution in [0.5, 0.6) is 5.75 Å². The Morgan fingerprint density at radius 3 is 2.17 bits per heavy atom. The van der Waals surface area contributed by atoms with Gasteiger partial charge in [0.25, 0.3) is 10.0 Å². The van der Waals surface area contributed by atoms with E-state index in [1.54, 1.807) is 56.5 Å². The van der Waals surface area contributed by atoms with Crippen LogP contribution in [-0.2, 0) is 26.2 Å². The molecule has 0 saturated heterocycles. The molecule has 2 amide bonds. The fourth-order valence-electron chi connectivity index (χ4n) is 4.21. The molecule has 3 rings (SSSR count). The van der Waals surface area contributed by atoms with E-state index in [1.807, 2.05) is 45.9 Å². The van der Waals surface area contributed by atoms with E-state index in [0.717, 1.165) is 27.4 Å². The first-order chi connectivity index (χ1) is 19.0. The SMILES string of the molecule is CCC(C)NC(=O)C(C)N(Cc1ccc(OC)cc1)C(=O)CN(c1cccc(C)c1C)S(=O)(=O)c1ccccc1. The minimum atomic E-state index is -4.10. The number of nitrogens with one attached hydrogen (secondary N) is 1. The monoisotopic (exact) mass is 565 g/mol. The minimum Gasteiger partial charge on any atom is -0.497 e. The lowest BCUT2D eigenvalue weighted by atomic mass is 10.1. The van der Waals surface area contributed by atoms with Crippen LogP contribution in [0.4, 0.5) is 5.69 Å². The van der Waals surface area contributed by atoms with E-state index >= 15 is 0 Å². The molecule has 3 aromatic rings. The van der Waals surface area contributed by atoms with Gasteiger partial charge in [0.15, 0.2) is 0 Å². The number of sulfonamides is 1. The third-order valence-corrected chi connectivity index (χ3v) is 8.91. The zero-order valence-electron chi connectivity index (χ0n) is 24.0. The fourth-order valence-corrected chi connectivity index (χ4v) is 5.71. The summed E-state index contributed by atoms with van der Waals surface area (Å²) < 4.78 is 34.3. The van der Waals surface area contributed by atoms with Gasteiger partial charge in [-0.15, -0.1) is 0 Å². The number of hydrogen-bond donors (Lipinski definition) is 1. The summed E-state index contributed by atoms with van der Waals surface area (Å²) in [6.45, 7) is 8.89. The second-order valence-electron chi connectivity index (χ2n) is 9.91. The molecule has 0 bridgehead atoms. The van der Waals surface area contributed by atoms with Crippen LogP contribution < -0.4 is 14.4 Å². The Kier molecular flexibility index (Phi) is 10.3.